The highest BCUT2D eigenvalue weighted by molar-refractivity contribution is 5.79. The van der Waals surface area contributed by atoms with E-state index in [1.165, 1.54) is 24.1 Å². The van der Waals surface area contributed by atoms with Gasteiger partial charge in [0.2, 0.25) is 0 Å². The first kappa shape index (κ1) is 18.6. The van der Waals surface area contributed by atoms with Gasteiger partial charge in [-0.2, -0.15) is 0 Å². The van der Waals surface area contributed by atoms with Gasteiger partial charge in [0.25, 0.3) is 0 Å². The molecule has 1 aliphatic heterocycles. The largest absolute Gasteiger partial charge is 0.378 e. The van der Waals surface area contributed by atoms with E-state index < -0.39 is 0 Å². The third kappa shape index (κ3) is 6.04. The monoisotopic (exact) mass is 332 g/mol. The Kier molecular flexibility index (Phi) is 7.89. The van der Waals surface area contributed by atoms with Crippen LogP contribution in [0.25, 0.3) is 0 Å². The molecule has 0 atom stereocenters. The van der Waals surface area contributed by atoms with Crippen LogP contribution in [0.5, 0.6) is 0 Å². The van der Waals surface area contributed by atoms with Crippen LogP contribution < -0.4 is 15.5 Å². The number of benzene rings is 1. The fraction of sp³-hybridized carbons (Fsp3) is 0.632. The molecule has 0 aromatic heterocycles. The number of guanidine groups is 1. The summed E-state index contributed by atoms with van der Waals surface area (Å²) in [6.45, 7) is 9.78. The molecular weight excluding hydrogens is 300 g/mol. The fourth-order valence-electron chi connectivity index (χ4n) is 2.89. The molecule has 0 unspecified atom stereocenters. The Labute approximate surface area is 146 Å². The Bertz CT molecular complexity index is 510. The van der Waals surface area contributed by atoms with Crippen LogP contribution in [0.1, 0.15) is 32.3 Å². The van der Waals surface area contributed by atoms with Gasteiger partial charge in [0.15, 0.2) is 5.96 Å². The van der Waals surface area contributed by atoms with Crippen molar-refractivity contribution in [2.75, 3.05) is 44.8 Å². The topological polar surface area (TPSA) is 48.9 Å². The third-order valence-corrected chi connectivity index (χ3v) is 4.26. The number of ether oxygens (including phenoxy) is 1. The molecule has 0 bridgehead atoms. The summed E-state index contributed by atoms with van der Waals surface area (Å²) in [7, 11) is 1.83. The molecular formula is C19H32N4O. The molecule has 134 valence electrons. The van der Waals surface area contributed by atoms with Gasteiger partial charge in [-0.05, 0) is 30.4 Å². The first-order valence-electron chi connectivity index (χ1n) is 9.06. The lowest BCUT2D eigenvalue weighted by Crippen LogP contribution is -2.39. The Morgan fingerprint density at radius 3 is 2.67 bits per heavy atom. The molecule has 0 radical (unpaired) electrons. The number of nitrogens with one attached hydrogen (secondary N) is 2. The lowest BCUT2D eigenvalue weighted by molar-refractivity contribution is 0.122. The van der Waals surface area contributed by atoms with Crippen LogP contribution in [0.15, 0.2) is 29.3 Å². The van der Waals surface area contributed by atoms with E-state index in [0.717, 1.165) is 51.3 Å². The van der Waals surface area contributed by atoms with Gasteiger partial charge in [0.05, 0.1) is 13.2 Å². The molecule has 0 amide bonds. The molecule has 1 aromatic carbocycles. The molecule has 0 aliphatic carbocycles. The zero-order valence-electron chi connectivity index (χ0n) is 15.3. The van der Waals surface area contributed by atoms with Crippen LogP contribution >= 0.6 is 0 Å². The van der Waals surface area contributed by atoms with E-state index in [4.69, 9.17) is 4.74 Å². The Morgan fingerprint density at radius 2 is 1.96 bits per heavy atom. The summed E-state index contributed by atoms with van der Waals surface area (Å²) >= 11 is 0. The van der Waals surface area contributed by atoms with Crippen LogP contribution in [0.4, 0.5) is 5.69 Å². The van der Waals surface area contributed by atoms with Gasteiger partial charge in [-0.3, -0.25) is 4.99 Å². The van der Waals surface area contributed by atoms with Crippen molar-refractivity contribution in [2.45, 2.75) is 33.2 Å². The van der Waals surface area contributed by atoms with Crippen LogP contribution in [-0.2, 0) is 11.3 Å². The van der Waals surface area contributed by atoms with Crippen molar-refractivity contribution < 1.29 is 4.74 Å². The van der Waals surface area contributed by atoms with Crippen molar-refractivity contribution in [1.29, 1.82) is 0 Å². The Morgan fingerprint density at radius 1 is 1.21 bits per heavy atom. The van der Waals surface area contributed by atoms with E-state index in [1.807, 2.05) is 7.05 Å². The molecule has 1 aromatic rings. The zero-order chi connectivity index (χ0) is 17.2. The summed E-state index contributed by atoms with van der Waals surface area (Å²) in [6.07, 6.45) is 2.41. The predicted octanol–water partition coefficient (Wildman–Crippen LogP) is 2.62. The lowest BCUT2D eigenvalue weighted by Gasteiger charge is -2.30. The summed E-state index contributed by atoms with van der Waals surface area (Å²) in [5, 5.41) is 6.83. The molecule has 2 N–H and O–H groups in total. The summed E-state index contributed by atoms with van der Waals surface area (Å²) in [5.41, 5.74) is 2.59. The number of aliphatic imine (C=N–C) groups is 1. The normalized spacial score (nSPS) is 15.7. The molecule has 1 fully saturated rings. The maximum Gasteiger partial charge on any atom is 0.191 e. The summed E-state index contributed by atoms with van der Waals surface area (Å²) in [5.74, 6) is 1.62. The molecule has 0 spiro atoms. The summed E-state index contributed by atoms with van der Waals surface area (Å²) in [6, 6.07) is 8.58. The van der Waals surface area contributed by atoms with E-state index in [-0.39, 0.29) is 0 Å². The van der Waals surface area contributed by atoms with Crippen LogP contribution in [-0.4, -0.2) is 45.9 Å². The maximum absolute atomic E-state index is 5.46. The first-order chi connectivity index (χ1) is 11.7. The highest BCUT2D eigenvalue weighted by Crippen LogP contribution is 2.21. The van der Waals surface area contributed by atoms with Gasteiger partial charge in [0, 0.05) is 38.9 Å². The molecule has 2 rings (SSSR count). The molecule has 1 aliphatic rings. The quantitative estimate of drug-likeness (QED) is 0.458. The first-order valence-corrected chi connectivity index (χ1v) is 9.06. The van der Waals surface area contributed by atoms with Crippen molar-refractivity contribution in [3.05, 3.63) is 29.8 Å². The summed E-state index contributed by atoms with van der Waals surface area (Å²) in [4.78, 5) is 6.72. The van der Waals surface area contributed by atoms with Crippen molar-refractivity contribution in [3.8, 4) is 0 Å². The SMILES string of the molecule is CN=C(NCCCC(C)C)NCc1ccccc1N1CCOCC1. The molecule has 5 heteroatoms. The van der Waals surface area contributed by atoms with Crippen LogP contribution in [0.3, 0.4) is 0 Å². The van der Waals surface area contributed by atoms with Crippen molar-refractivity contribution in [3.63, 3.8) is 0 Å². The fourth-order valence-corrected chi connectivity index (χ4v) is 2.89. The predicted molar refractivity (Wildman–Crippen MR) is 102 cm³/mol. The van der Waals surface area contributed by atoms with Crippen LogP contribution in [0.2, 0.25) is 0 Å². The second-order valence-corrected chi connectivity index (χ2v) is 6.62. The highest BCUT2D eigenvalue weighted by Gasteiger charge is 2.14. The Hall–Kier alpha value is -1.75. The van der Waals surface area contributed by atoms with Gasteiger partial charge in [-0.25, -0.2) is 0 Å². The zero-order valence-corrected chi connectivity index (χ0v) is 15.3. The van der Waals surface area contributed by atoms with Gasteiger partial charge >= 0.3 is 0 Å². The second kappa shape index (κ2) is 10.2. The van der Waals surface area contributed by atoms with E-state index in [0.29, 0.717) is 0 Å². The van der Waals surface area contributed by atoms with Crippen molar-refractivity contribution in [1.82, 2.24) is 10.6 Å². The smallest absolute Gasteiger partial charge is 0.191 e. The molecule has 1 saturated heterocycles. The van der Waals surface area contributed by atoms with E-state index in [1.54, 1.807) is 0 Å². The minimum atomic E-state index is 0.752. The van der Waals surface area contributed by atoms with Gasteiger partial charge in [-0.1, -0.05) is 32.0 Å². The van der Waals surface area contributed by atoms with Gasteiger partial charge < -0.3 is 20.3 Å². The maximum atomic E-state index is 5.46. The second-order valence-electron chi connectivity index (χ2n) is 6.62. The van der Waals surface area contributed by atoms with Gasteiger partial charge in [0.1, 0.15) is 0 Å². The Balaban J connectivity index is 1.86. The van der Waals surface area contributed by atoms with Crippen molar-refractivity contribution >= 4 is 11.6 Å². The lowest BCUT2D eigenvalue weighted by atomic mass is 10.1. The number of hydrogen-bond donors (Lipinski definition) is 2. The number of nitrogens with zero attached hydrogens (tertiary/aromatic N) is 2. The summed E-state index contributed by atoms with van der Waals surface area (Å²) < 4.78 is 5.46. The average molecular weight is 332 g/mol. The number of morpholine rings is 1. The third-order valence-electron chi connectivity index (χ3n) is 4.26. The number of hydrogen-bond acceptors (Lipinski definition) is 3. The van der Waals surface area contributed by atoms with Crippen molar-refractivity contribution in [2.24, 2.45) is 10.9 Å². The number of para-hydroxylation sites is 1. The van der Waals surface area contributed by atoms with Gasteiger partial charge in [-0.15, -0.1) is 0 Å². The molecule has 0 saturated carbocycles. The minimum Gasteiger partial charge on any atom is -0.378 e. The standard InChI is InChI=1S/C19H32N4O/c1-16(2)7-6-10-21-19(20-3)22-15-17-8-4-5-9-18(17)23-11-13-24-14-12-23/h4-5,8-9,16H,6-7,10-15H2,1-3H3,(H2,20,21,22). The van der Waals surface area contributed by atoms with E-state index >= 15 is 0 Å². The average Bonchev–Trinajstić information content (AvgIpc) is 2.62. The molecule has 1 heterocycles. The van der Waals surface area contributed by atoms with E-state index in [2.05, 4.69) is 58.6 Å². The van der Waals surface area contributed by atoms with Crippen LogP contribution in [0, 0.1) is 5.92 Å². The molecule has 5 nitrogen and oxygen atoms in total. The number of rotatable bonds is 7. The highest BCUT2D eigenvalue weighted by atomic mass is 16.5. The van der Waals surface area contributed by atoms with E-state index in [9.17, 15) is 0 Å². The minimum absolute atomic E-state index is 0.752. The number of anilines is 1. The molecule has 24 heavy (non-hydrogen) atoms.